The molecule has 0 spiro atoms. The van der Waals surface area contributed by atoms with Crippen molar-refractivity contribution in [1.29, 1.82) is 0 Å². The molecule has 0 bridgehead atoms. The average molecular weight is 440 g/mol. The van der Waals surface area contributed by atoms with E-state index in [9.17, 15) is 18.0 Å². The minimum Gasteiger partial charge on any atom is -0.350 e. The number of benzene rings is 2. The van der Waals surface area contributed by atoms with Gasteiger partial charge in [0.15, 0.2) is 0 Å². The van der Waals surface area contributed by atoms with Crippen LogP contribution in [0.2, 0.25) is 0 Å². The molecule has 2 amide bonds. The number of rotatable bonds is 6. The molecule has 0 aromatic heterocycles. The largest absolute Gasteiger partial charge is 0.350 e. The molecule has 0 saturated carbocycles. The Balaban J connectivity index is 1.73. The lowest BCUT2D eigenvalue weighted by Crippen LogP contribution is -2.32. The van der Waals surface area contributed by atoms with Gasteiger partial charge in [0.25, 0.3) is 11.8 Å². The van der Waals surface area contributed by atoms with Gasteiger partial charge in [-0.25, -0.2) is 8.42 Å². The summed E-state index contributed by atoms with van der Waals surface area (Å²) in [5.41, 5.74) is 2.58. The summed E-state index contributed by atoms with van der Waals surface area (Å²) >= 11 is 0. The minimum atomic E-state index is -3.59. The molecule has 31 heavy (non-hydrogen) atoms. The van der Waals surface area contributed by atoms with E-state index in [2.05, 4.69) is 5.32 Å². The molecule has 2 aliphatic heterocycles. The van der Waals surface area contributed by atoms with E-state index in [1.807, 2.05) is 31.2 Å². The van der Waals surface area contributed by atoms with Crippen LogP contribution < -0.4 is 5.32 Å². The first-order valence-corrected chi connectivity index (χ1v) is 11.8. The maximum Gasteiger partial charge on any atom is 0.278 e. The summed E-state index contributed by atoms with van der Waals surface area (Å²) in [7, 11) is -3.59. The first-order chi connectivity index (χ1) is 14.8. The van der Waals surface area contributed by atoms with Crippen molar-refractivity contribution < 1.29 is 18.0 Å². The summed E-state index contributed by atoms with van der Waals surface area (Å²) < 4.78 is 27.3. The van der Waals surface area contributed by atoms with E-state index in [0.717, 1.165) is 18.4 Å². The van der Waals surface area contributed by atoms with Crippen LogP contribution in [0.5, 0.6) is 0 Å². The molecule has 2 heterocycles. The van der Waals surface area contributed by atoms with Crippen molar-refractivity contribution in [2.24, 2.45) is 0 Å². The van der Waals surface area contributed by atoms with Gasteiger partial charge in [-0.1, -0.05) is 35.9 Å². The molecular formula is C23H25N3O4S. The Morgan fingerprint density at radius 1 is 0.968 bits per heavy atom. The molecule has 2 aromatic carbocycles. The van der Waals surface area contributed by atoms with Crippen molar-refractivity contribution in [2.45, 2.75) is 31.6 Å². The average Bonchev–Trinajstić information content (AvgIpc) is 3.37. The molecule has 1 saturated heterocycles. The van der Waals surface area contributed by atoms with E-state index in [1.165, 1.54) is 15.3 Å². The van der Waals surface area contributed by atoms with Crippen LogP contribution >= 0.6 is 0 Å². The molecule has 0 atom stereocenters. The van der Waals surface area contributed by atoms with Gasteiger partial charge in [0, 0.05) is 25.3 Å². The Morgan fingerprint density at radius 2 is 1.65 bits per heavy atom. The van der Waals surface area contributed by atoms with Crippen molar-refractivity contribution in [3.63, 3.8) is 0 Å². The molecule has 7 nitrogen and oxygen atoms in total. The fourth-order valence-corrected chi connectivity index (χ4v) is 5.49. The van der Waals surface area contributed by atoms with Gasteiger partial charge >= 0.3 is 0 Å². The van der Waals surface area contributed by atoms with Crippen LogP contribution in [0.1, 0.15) is 30.9 Å². The number of carbonyl (C=O) groups excluding carboxylic acids is 2. The SMILES string of the molecule is CCN1C(=O)C(Nc2cccc(S(=O)(=O)N3CCCC3)c2)=C(c2ccc(C)cc2)C1=O. The highest BCUT2D eigenvalue weighted by atomic mass is 32.2. The summed E-state index contributed by atoms with van der Waals surface area (Å²) in [5, 5.41) is 3.04. The molecular weight excluding hydrogens is 414 g/mol. The third kappa shape index (κ3) is 3.88. The Bertz CT molecular complexity index is 1160. The predicted octanol–water partition coefficient (Wildman–Crippen LogP) is 2.99. The van der Waals surface area contributed by atoms with Crippen LogP contribution in [0.3, 0.4) is 0 Å². The molecule has 2 aliphatic rings. The summed E-state index contributed by atoms with van der Waals surface area (Å²) in [6.45, 7) is 4.97. The van der Waals surface area contributed by atoms with Crippen LogP contribution in [-0.4, -0.2) is 49.1 Å². The highest BCUT2D eigenvalue weighted by Crippen LogP contribution is 2.31. The van der Waals surface area contributed by atoms with Gasteiger partial charge in [0.05, 0.1) is 10.5 Å². The quantitative estimate of drug-likeness (QED) is 0.700. The lowest BCUT2D eigenvalue weighted by molar-refractivity contribution is -0.136. The van der Waals surface area contributed by atoms with Gasteiger partial charge in [0.1, 0.15) is 5.70 Å². The molecule has 8 heteroatoms. The molecule has 1 N–H and O–H groups in total. The molecule has 1 fully saturated rings. The Hall–Kier alpha value is -2.97. The van der Waals surface area contributed by atoms with Crippen LogP contribution in [0.15, 0.2) is 59.1 Å². The van der Waals surface area contributed by atoms with E-state index in [1.54, 1.807) is 25.1 Å². The number of hydrogen-bond donors (Lipinski definition) is 1. The van der Waals surface area contributed by atoms with Crippen LogP contribution in [0.25, 0.3) is 5.57 Å². The first kappa shape index (κ1) is 21.3. The number of carbonyl (C=O) groups is 2. The Morgan fingerprint density at radius 3 is 2.29 bits per heavy atom. The monoisotopic (exact) mass is 439 g/mol. The number of aryl methyl sites for hydroxylation is 1. The number of nitrogens with zero attached hydrogens (tertiary/aromatic N) is 2. The predicted molar refractivity (Wildman–Crippen MR) is 119 cm³/mol. The van der Waals surface area contributed by atoms with Gasteiger partial charge in [0.2, 0.25) is 10.0 Å². The maximum absolute atomic E-state index is 13.0. The number of imide groups is 1. The Labute approximate surface area is 182 Å². The second-order valence-corrected chi connectivity index (χ2v) is 9.67. The minimum absolute atomic E-state index is 0.159. The van der Waals surface area contributed by atoms with Crippen LogP contribution in [0.4, 0.5) is 5.69 Å². The number of amides is 2. The van der Waals surface area contributed by atoms with Crippen molar-refractivity contribution >= 4 is 33.1 Å². The normalized spacial score (nSPS) is 17.7. The van der Waals surface area contributed by atoms with Gasteiger partial charge in [-0.3, -0.25) is 14.5 Å². The zero-order chi connectivity index (χ0) is 22.2. The molecule has 162 valence electrons. The molecule has 4 rings (SSSR count). The van der Waals surface area contributed by atoms with Gasteiger partial charge in [-0.05, 0) is 50.5 Å². The number of likely N-dealkylation sites (N-methyl/N-ethyl adjacent to an activating group) is 1. The number of hydrogen-bond acceptors (Lipinski definition) is 5. The number of nitrogens with one attached hydrogen (secondary N) is 1. The molecule has 0 aliphatic carbocycles. The van der Waals surface area contributed by atoms with Crippen LogP contribution in [0, 0.1) is 6.92 Å². The van der Waals surface area contributed by atoms with Gasteiger partial charge < -0.3 is 5.32 Å². The smallest absolute Gasteiger partial charge is 0.278 e. The van der Waals surface area contributed by atoms with Crippen LogP contribution in [-0.2, 0) is 19.6 Å². The van der Waals surface area contributed by atoms with E-state index in [-0.39, 0.29) is 23.0 Å². The highest BCUT2D eigenvalue weighted by molar-refractivity contribution is 7.89. The third-order valence-corrected chi connectivity index (χ3v) is 7.53. The lowest BCUT2D eigenvalue weighted by Gasteiger charge is -2.16. The summed E-state index contributed by atoms with van der Waals surface area (Å²) in [6.07, 6.45) is 1.71. The van der Waals surface area contributed by atoms with Gasteiger partial charge in [-0.15, -0.1) is 0 Å². The van der Waals surface area contributed by atoms with E-state index >= 15 is 0 Å². The molecule has 2 aromatic rings. The lowest BCUT2D eigenvalue weighted by atomic mass is 10.0. The van der Waals surface area contributed by atoms with Crippen molar-refractivity contribution in [1.82, 2.24) is 9.21 Å². The number of sulfonamides is 1. The molecule has 0 unspecified atom stereocenters. The topological polar surface area (TPSA) is 86.8 Å². The second-order valence-electron chi connectivity index (χ2n) is 7.73. The first-order valence-electron chi connectivity index (χ1n) is 10.4. The Kier molecular flexibility index (Phi) is 5.68. The summed E-state index contributed by atoms with van der Waals surface area (Å²) in [6, 6.07) is 13.8. The maximum atomic E-state index is 13.0. The number of anilines is 1. The second kappa shape index (κ2) is 8.28. The summed E-state index contributed by atoms with van der Waals surface area (Å²) in [5.74, 6) is -0.782. The standard InChI is InChI=1S/C23H25N3O4S/c1-3-26-22(27)20(17-11-9-16(2)10-12-17)21(23(26)28)24-18-7-6-8-19(15-18)31(29,30)25-13-4-5-14-25/h6-12,15,24H,3-5,13-14H2,1-2H3. The van der Waals surface area contributed by atoms with E-state index in [0.29, 0.717) is 29.9 Å². The zero-order valence-electron chi connectivity index (χ0n) is 17.6. The summed E-state index contributed by atoms with van der Waals surface area (Å²) in [4.78, 5) is 27.2. The van der Waals surface area contributed by atoms with E-state index < -0.39 is 15.9 Å². The molecule has 0 radical (unpaired) electrons. The van der Waals surface area contributed by atoms with E-state index in [4.69, 9.17) is 0 Å². The fourth-order valence-electron chi connectivity index (χ4n) is 3.92. The van der Waals surface area contributed by atoms with Crippen molar-refractivity contribution in [3.05, 3.63) is 65.4 Å². The highest BCUT2D eigenvalue weighted by Gasteiger charge is 2.38. The zero-order valence-corrected chi connectivity index (χ0v) is 18.4. The van der Waals surface area contributed by atoms with Crippen molar-refractivity contribution in [3.8, 4) is 0 Å². The third-order valence-electron chi connectivity index (χ3n) is 5.63. The van der Waals surface area contributed by atoms with Gasteiger partial charge in [-0.2, -0.15) is 4.31 Å². The fraction of sp³-hybridized carbons (Fsp3) is 0.304. The van der Waals surface area contributed by atoms with Crippen molar-refractivity contribution in [2.75, 3.05) is 25.0 Å².